The predicted octanol–water partition coefficient (Wildman–Crippen LogP) is 4.49. The summed E-state index contributed by atoms with van der Waals surface area (Å²) in [5, 5.41) is 16.6. The minimum absolute atomic E-state index is 0.0522. The molecule has 2 heterocycles. The van der Waals surface area contributed by atoms with Crippen LogP contribution in [0.1, 0.15) is 28.9 Å². The van der Waals surface area contributed by atoms with Gasteiger partial charge in [-0.05, 0) is 74.7 Å². The topological polar surface area (TPSA) is 123 Å². The molecule has 0 spiro atoms. The van der Waals surface area contributed by atoms with Crippen LogP contribution in [-0.4, -0.2) is 99.5 Å². The molecule has 4 rings (SSSR count). The molecular weight excluding hydrogens is 603 g/mol. The minimum atomic E-state index is -4.46. The monoisotopic (exact) mass is 645 g/mol. The summed E-state index contributed by atoms with van der Waals surface area (Å²) in [6.45, 7) is 3.18. The van der Waals surface area contributed by atoms with Gasteiger partial charge in [-0.1, -0.05) is 12.0 Å². The van der Waals surface area contributed by atoms with Gasteiger partial charge in [0, 0.05) is 36.8 Å². The SMILES string of the molecule is COc1ccc(C(=O)O)cc1NCC#Cc1cc2c(NC3CCN(C)CC3CCOCCOCCN)cccc2n1CC(F)(F)F. The molecule has 2 atom stereocenters. The maximum atomic E-state index is 13.7. The molecule has 1 aromatic heterocycles. The van der Waals surface area contributed by atoms with E-state index >= 15 is 0 Å². The van der Waals surface area contributed by atoms with Crippen LogP contribution in [0.2, 0.25) is 0 Å². The van der Waals surface area contributed by atoms with E-state index < -0.39 is 18.7 Å². The number of fused-ring (bicyclic) bond motifs is 1. The van der Waals surface area contributed by atoms with Crippen LogP contribution in [0.25, 0.3) is 10.9 Å². The molecule has 46 heavy (non-hydrogen) atoms. The Morgan fingerprint density at radius 1 is 1.11 bits per heavy atom. The van der Waals surface area contributed by atoms with Crippen LogP contribution in [-0.2, 0) is 16.0 Å². The van der Waals surface area contributed by atoms with Crippen LogP contribution in [0.3, 0.4) is 0 Å². The summed E-state index contributed by atoms with van der Waals surface area (Å²) in [6, 6.07) is 11.5. The van der Waals surface area contributed by atoms with Crippen LogP contribution >= 0.6 is 0 Å². The fraction of sp³-hybridized carbons (Fsp3) is 0.485. The fourth-order valence-electron chi connectivity index (χ4n) is 5.65. The Morgan fingerprint density at radius 3 is 2.61 bits per heavy atom. The molecule has 2 unspecified atom stereocenters. The number of halogens is 3. The number of nitrogens with two attached hydrogens (primary N) is 1. The number of carbonyl (C=O) groups is 1. The number of alkyl halides is 3. The van der Waals surface area contributed by atoms with Crippen LogP contribution in [0.4, 0.5) is 24.5 Å². The highest BCUT2D eigenvalue weighted by Gasteiger charge is 2.31. The third kappa shape index (κ3) is 9.77. The van der Waals surface area contributed by atoms with Gasteiger partial charge in [0.25, 0.3) is 0 Å². The van der Waals surface area contributed by atoms with E-state index in [1.54, 1.807) is 18.2 Å². The summed E-state index contributed by atoms with van der Waals surface area (Å²) in [5.74, 6) is 5.38. The summed E-state index contributed by atoms with van der Waals surface area (Å²) < 4.78 is 58.8. The van der Waals surface area contributed by atoms with Crippen molar-refractivity contribution in [2.45, 2.75) is 31.6 Å². The van der Waals surface area contributed by atoms with Gasteiger partial charge in [0.1, 0.15) is 12.3 Å². The van der Waals surface area contributed by atoms with E-state index in [0.717, 1.165) is 31.6 Å². The largest absolute Gasteiger partial charge is 0.495 e. The molecule has 2 aromatic carbocycles. The summed E-state index contributed by atoms with van der Waals surface area (Å²) >= 11 is 0. The Bertz CT molecular complexity index is 1520. The Balaban J connectivity index is 1.53. The maximum absolute atomic E-state index is 13.7. The van der Waals surface area contributed by atoms with Crippen molar-refractivity contribution >= 4 is 28.2 Å². The van der Waals surface area contributed by atoms with Gasteiger partial charge in [-0.25, -0.2) is 4.79 Å². The number of hydrogen-bond acceptors (Lipinski definition) is 8. The highest BCUT2D eigenvalue weighted by molar-refractivity contribution is 5.94. The van der Waals surface area contributed by atoms with E-state index in [1.807, 2.05) is 6.07 Å². The lowest BCUT2D eigenvalue weighted by molar-refractivity contribution is -0.140. The van der Waals surface area contributed by atoms with E-state index in [-0.39, 0.29) is 29.8 Å². The molecule has 10 nitrogen and oxygen atoms in total. The summed E-state index contributed by atoms with van der Waals surface area (Å²) in [7, 11) is 3.54. The first-order chi connectivity index (χ1) is 22.1. The number of carboxylic acid groups (broad SMARTS) is 1. The summed E-state index contributed by atoms with van der Waals surface area (Å²) in [4.78, 5) is 13.7. The molecule has 13 heteroatoms. The highest BCUT2D eigenvalue weighted by Crippen LogP contribution is 2.32. The van der Waals surface area contributed by atoms with Gasteiger partial charge >= 0.3 is 12.1 Å². The lowest BCUT2D eigenvalue weighted by Gasteiger charge is -2.38. The molecule has 1 saturated heterocycles. The number of nitrogens with zero attached hydrogens (tertiary/aromatic N) is 2. The average Bonchev–Trinajstić information content (AvgIpc) is 3.36. The Hall–Kier alpha value is -3.96. The number of ether oxygens (including phenoxy) is 3. The molecule has 0 saturated carbocycles. The number of benzene rings is 2. The second-order valence-corrected chi connectivity index (χ2v) is 11.2. The Kier molecular flexibility index (Phi) is 12.6. The van der Waals surface area contributed by atoms with Gasteiger partial charge in [-0.15, -0.1) is 0 Å². The molecule has 250 valence electrons. The molecule has 5 N–H and O–H groups in total. The van der Waals surface area contributed by atoms with Crippen LogP contribution in [0, 0.1) is 17.8 Å². The number of nitrogens with one attached hydrogen (secondary N) is 2. The molecule has 0 amide bonds. The molecule has 1 aliphatic heterocycles. The second kappa shape index (κ2) is 16.6. The zero-order valence-corrected chi connectivity index (χ0v) is 26.2. The maximum Gasteiger partial charge on any atom is 0.406 e. The van der Waals surface area contributed by atoms with Gasteiger partial charge in [0.2, 0.25) is 0 Å². The van der Waals surface area contributed by atoms with Crippen LogP contribution in [0.15, 0.2) is 42.5 Å². The van der Waals surface area contributed by atoms with E-state index in [2.05, 4.69) is 34.4 Å². The van der Waals surface area contributed by atoms with E-state index in [4.69, 9.17) is 19.9 Å². The predicted molar refractivity (Wildman–Crippen MR) is 172 cm³/mol. The van der Waals surface area contributed by atoms with Crippen molar-refractivity contribution < 1.29 is 37.3 Å². The van der Waals surface area contributed by atoms with Crippen molar-refractivity contribution in [3.63, 3.8) is 0 Å². The Morgan fingerprint density at radius 2 is 1.89 bits per heavy atom. The first-order valence-electron chi connectivity index (χ1n) is 15.2. The smallest absolute Gasteiger partial charge is 0.406 e. The van der Waals surface area contributed by atoms with Gasteiger partial charge in [0.15, 0.2) is 0 Å². The number of rotatable bonds is 15. The van der Waals surface area contributed by atoms with Crippen molar-refractivity contribution in [2.75, 3.05) is 77.4 Å². The molecule has 0 bridgehead atoms. The number of piperidine rings is 1. The van der Waals surface area contributed by atoms with E-state index in [0.29, 0.717) is 55.3 Å². The number of carboxylic acids is 1. The molecule has 1 aliphatic rings. The van der Waals surface area contributed by atoms with Crippen molar-refractivity contribution in [2.24, 2.45) is 11.7 Å². The number of anilines is 2. The van der Waals surface area contributed by atoms with E-state index in [1.165, 1.54) is 29.9 Å². The van der Waals surface area contributed by atoms with Gasteiger partial charge < -0.3 is 45.2 Å². The Labute approximate surface area is 267 Å². The minimum Gasteiger partial charge on any atom is -0.495 e. The highest BCUT2D eigenvalue weighted by atomic mass is 19.4. The van der Waals surface area contributed by atoms with Crippen LogP contribution < -0.4 is 21.1 Å². The van der Waals surface area contributed by atoms with Crippen molar-refractivity contribution in [1.29, 1.82) is 0 Å². The first-order valence-corrected chi connectivity index (χ1v) is 15.2. The molecular formula is C33H42F3N5O5. The third-order valence-electron chi connectivity index (χ3n) is 7.86. The summed E-state index contributed by atoms with van der Waals surface area (Å²) in [6.07, 6.45) is -2.75. The van der Waals surface area contributed by atoms with Crippen LogP contribution in [0.5, 0.6) is 5.75 Å². The number of aromatic nitrogens is 1. The zero-order valence-electron chi connectivity index (χ0n) is 26.2. The van der Waals surface area contributed by atoms with Gasteiger partial charge in [-0.3, -0.25) is 0 Å². The quantitative estimate of drug-likeness (QED) is 0.140. The van der Waals surface area contributed by atoms with Crippen molar-refractivity contribution in [3.05, 3.63) is 53.7 Å². The molecule has 0 radical (unpaired) electrons. The average molecular weight is 646 g/mol. The number of methoxy groups -OCH3 is 1. The second-order valence-electron chi connectivity index (χ2n) is 11.2. The fourth-order valence-corrected chi connectivity index (χ4v) is 5.65. The number of aromatic carboxylic acids is 1. The number of hydrogen-bond donors (Lipinski definition) is 4. The zero-order chi connectivity index (χ0) is 33.1. The third-order valence-corrected chi connectivity index (χ3v) is 7.86. The van der Waals surface area contributed by atoms with Gasteiger partial charge in [-0.2, -0.15) is 13.2 Å². The molecule has 0 aliphatic carbocycles. The number of likely N-dealkylation sites (tertiary alicyclic amines) is 1. The van der Waals surface area contributed by atoms with Gasteiger partial charge in [0.05, 0.1) is 55.9 Å². The lowest BCUT2D eigenvalue weighted by Crippen LogP contribution is -2.45. The lowest BCUT2D eigenvalue weighted by atomic mass is 9.89. The first kappa shape index (κ1) is 34.9. The van der Waals surface area contributed by atoms with Crippen molar-refractivity contribution in [3.8, 4) is 17.6 Å². The van der Waals surface area contributed by atoms with Crippen molar-refractivity contribution in [1.82, 2.24) is 9.47 Å². The van der Waals surface area contributed by atoms with E-state index in [9.17, 15) is 23.1 Å². The normalized spacial score (nSPS) is 17.0. The molecule has 1 fully saturated rings. The summed E-state index contributed by atoms with van der Waals surface area (Å²) in [5.41, 5.74) is 7.33. The molecule has 3 aromatic rings. The standard InChI is InChI=1S/C33H42F3N5O5/c1-40-14-10-27(24(21-40)11-15-45-17-18-46-16-12-37)39-28-6-3-7-30-26(28)20-25(41(30)22-33(34,35)36)5-4-13-38-29-19-23(32(42)43)8-9-31(29)44-2/h3,6-9,19-20,24,27,38-39H,10-18,21-22,37H2,1-2H3,(H,42,43).